The van der Waals surface area contributed by atoms with Gasteiger partial charge in [0, 0.05) is 58.6 Å². The molecule has 1 aromatic rings. The fraction of sp³-hybridized carbons (Fsp3) is 0.619. The van der Waals surface area contributed by atoms with Crippen LogP contribution in [-0.2, 0) is 4.79 Å². The van der Waals surface area contributed by atoms with E-state index in [1.54, 1.807) is 17.0 Å². The second-order valence-corrected chi connectivity index (χ2v) is 8.22. The summed E-state index contributed by atoms with van der Waals surface area (Å²) in [6.45, 7) is 4.58. The van der Waals surface area contributed by atoms with Crippen molar-refractivity contribution in [3.8, 4) is 0 Å². The lowest BCUT2D eigenvalue weighted by Crippen LogP contribution is -2.56. The summed E-state index contributed by atoms with van der Waals surface area (Å²) in [5.41, 5.74) is 0.715. The fourth-order valence-corrected chi connectivity index (χ4v) is 4.30. The van der Waals surface area contributed by atoms with Gasteiger partial charge in [0.25, 0.3) is 11.8 Å². The van der Waals surface area contributed by atoms with E-state index < -0.39 is 0 Å². The number of carbonyl (C=O) groups is 3. The molecule has 3 heterocycles. The van der Waals surface area contributed by atoms with Gasteiger partial charge in [-0.15, -0.1) is 0 Å². The molecule has 3 fully saturated rings. The van der Waals surface area contributed by atoms with Crippen molar-refractivity contribution in [1.29, 1.82) is 0 Å². The van der Waals surface area contributed by atoms with Crippen LogP contribution in [0.25, 0.3) is 0 Å². The summed E-state index contributed by atoms with van der Waals surface area (Å²) >= 11 is 0. The lowest BCUT2D eigenvalue weighted by molar-refractivity contribution is -0.139. The molecule has 1 aromatic heterocycles. The predicted octanol–water partition coefficient (Wildman–Crippen LogP) is 0.600. The van der Waals surface area contributed by atoms with Crippen molar-refractivity contribution >= 4 is 17.7 Å². The summed E-state index contributed by atoms with van der Waals surface area (Å²) in [6, 6.07) is 3.88. The minimum Gasteiger partial charge on any atom is -0.354 e. The molecule has 1 saturated carbocycles. The van der Waals surface area contributed by atoms with Crippen LogP contribution >= 0.6 is 0 Å². The van der Waals surface area contributed by atoms with Crippen LogP contribution < -0.4 is 5.32 Å². The maximum Gasteiger partial charge on any atom is 0.269 e. The lowest BCUT2D eigenvalue weighted by atomic mass is 9.91. The van der Waals surface area contributed by atoms with Crippen molar-refractivity contribution in [2.75, 3.05) is 46.3 Å². The first kappa shape index (κ1) is 19.8. The van der Waals surface area contributed by atoms with Crippen LogP contribution in [0.4, 0.5) is 0 Å². The Morgan fingerprint density at radius 2 is 1.79 bits per heavy atom. The van der Waals surface area contributed by atoms with Gasteiger partial charge in [-0.25, -0.2) is 0 Å². The highest BCUT2D eigenvalue weighted by Crippen LogP contribution is 2.26. The van der Waals surface area contributed by atoms with Crippen LogP contribution in [0.15, 0.2) is 18.3 Å². The maximum atomic E-state index is 12.9. The molecular formula is C21H29N5O3. The Morgan fingerprint density at radius 3 is 2.41 bits per heavy atom. The zero-order valence-electron chi connectivity index (χ0n) is 17.0. The first-order chi connectivity index (χ1) is 14.1. The summed E-state index contributed by atoms with van der Waals surface area (Å²) in [5.74, 6) is -0.353. The Bertz CT molecular complexity index is 771. The van der Waals surface area contributed by atoms with E-state index >= 15 is 0 Å². The summed E-state index contributed by atoms with van der Waals surface area (Å²) in [7, 11) is 1.54. The van der Waals surface area contributed by atoms with Crippen molar-refractivity contribution in [2.24, 2.45) is 5.92 Å². The molecule has 1 aliphatic carbocycles. The molecule has 29 heavy (non-hydrogen) atoms. The maximum absolute atomic E-state index is 12.9. The van der Waals surface area contributed by atoms with E-state index in [9.17, 15) is 14.4 Å². The number of pyridine rings is 1. The minimum absolute atomic E-state index is 0.104. The van der Waals surface area contributed by atoms with Gasteiger partial charge in [0.1, 0.15) is 5.69 Å². The molecule has 8 heteroatoms. The summed E-state index contributed by atoms with van der Waals surface area (Å²) < 4.78 is 0. The Balaban J connectivity index is 1.27. The van der Waals surface area contributed by atoms with Gasteiger partial charge < -0.3 is 15.1 Å². The van der Waals surface area contributed by atoms with Crippen LogP contribution in [0.2, 0.25) is 0 Å². The van der Waals surface area contributed by atoms with Crippen LogP contribution in [0, 0.1) is 5.92 Å². The van der Waals surface area contributed by atoms with E-state index in [1.165, 1.54) is 32.5 Å². The monoisotopic (exact) mass is 399 g/mol. The summed E-state index contributed by atoms with van der Waals surface area (Å²) in [4.78, 5) is 47.3. The molecule has 2 saturated heterocycles. The molecule has 2 aliphatic heterocycles. The number of amides is 3. The molecular weight excluding hydrogens is 370 g/mol. The molecule has 0 bridgehead atoms. The number of likely N-dealkylation sites (tertiary alicyclic amines) is 1. The van der Waals surface area contributed by atoms with Crippen molar-refractivity contribution < 1.29 is 14.4 Å². The normalized spacial score (nSPS) is 21.1. The molecule has 156 valence electrons. The number of hydrogen-bond acceptors (Lipinski definition) is 5. The van der Waals surface area contributed by atoms with E-state index in [-0.39, 0.29) is 29.3 Å². The highest BCUT2D eigenvalue weighted by molar-refractivity contribution is 5.97. The molecule has 4 rings (SSSR count). The Hall–Kier alpha value is -2.48. The van der Waals surface area contributed by atoms with E-state index in [0.29, 0.717) is 18.7 Å². The molecule has 1 N–H and O–H groups in total. The highest BCUT2D eigenvalue weighted by atomic mass is 16.2. The number of hydrogen-bond donors (Lipinski definition) is 1. The topological polar surface area (TPSA) is 85.8 Å². The number of nitrogens with zero attached hydrogens (tertiary/aromatic N) is 4. The summed E-state index contributed by atoms with van der Waals surface area (Å²) in [5, 5.41) is 2.50. The number of aromatic nitrogens is 1. The van der Waals surface area contributed by atoms with Gasteiger partial charge in [-0.1, -0.05) is 6.42 Å². The van der Waals surface area contributed by atoms with Crippen molar-refractivity contribution in [3.63, 3.8) is 0 Å². The quantitative estimate of drug-likeness (QED) is 0.801. The van der Waals surface area contributed by atoms with Gasteiger partial charge in [0.2, 0.25) is 5.91 Å². The second kappa shape index (κ2) is 8.49. The fourth-order valence-electron chi connectivity index (χ4n) is 4.30. The molecule has 3 aliphatic rings. The number of nitrogens with one attached hydrogen (secondary N) is 1. The third-order valence-electron chi connectivity index (χ3n) is 6.42. The van der Waals surface area contributed by atoms with E-state index in [4.69, 9.17) is 0 Å². The first-order valence-electron chi connectivity index (χ1n) is 10.6. The van der Waals surface area contributed by atoms with Crippen LogP contribution in [0.1, 0.15) is 46.5 Å². The molecule has 3 amide bonds. The van der Waals surface area contributed by atoms with E-state index in [2.05, 4.69) is 15.2 Å². The number of carbonyl (C=O) groups excluding carboxylic acids is 3. The van der Waals surface area contributed by atoms with E-state index in [1.807, 2.05) is 4.90 Å². The average molecular weight is 399 g/mol. The minimum atomic E-state index is -0.285. The van der Waals surface area contributed by atoms with Gasteiger partial charge in [0.05, 0.1) is 11.5 Å². The zero-order valence-corrected chi connectivity index (χ0v) is 17.0. The molecule has 0 aromatic carbocycles. The Labute approximate surface area is 171 Å². The molecule has 8 nitrogen and oxygen atoms in total. The molecule has 0 unspecified atom stereocenters. The van der Waals surface area contributed by atoms with Crippen LogP contribution in [-0.4, -0.2) is 89.8 Å². The van der Waals surface area contributed by atoms with Crippen LogP contribution in [0.5, 0.6) is 0 Å². The molecule has 0 atom stereocenters. The largest absolute Gasteiger partial charge is 0.354 e. The molecule has 0 radical (unpaired) electrons. The van der Waals surface area contributed by atoms with Crippen molar-refractivity contribution in [2.45, 2.75) is 31.7 Å². The first-order valence-corrected chi connectivity index (χ1v) is 10.6. The standard InChI is InChI=1S/C21H29N5O3/c1-22-19(27)18-7-6-15(12-23-18)20(28)26-13-16(14-26)21(29)25-9-3-8-24(10-11-25)17-4-2-5-17/h6-7,12,16-17H,2-5,8-11,13-14H2,1H3,(H,22,27). The predicted molar refractivity (Wildman–Crippen MR) is 107 cm³/mol. The van der Waals surface area contributed by atoms with Crippen molar-refractivity contribution in [1.82, 2.24) is 25.0 Å². The lowest BCUT2D eigenvalue weighted by Gasteiger charge is -2.40. The summed E-state index contributed by atoms with van der Waals surface area (Å²) in [6.07, 6.45) is 6.38. The Morgan fingerprint density at radius 1 is 1.00 bits per heavy atom. The Kier molecular flexibility index (Phi) is 5.80. The third-order valence-corrected chi connectivity index (χ3v) is 6.42. The van der Waals surface area contributed by atoms with Gasteiger partial charge in [-0.3, -0.25) is 24.3 Å². The number of rotatable bonds is 4. The van der Waals surface area contributed by atoms with Gasteiger partial charge >= 0.3 is 0 Å². The van der Waals surface area contributed by atoms with E-state index in [0.717, 1.165) is 38.6 Å². The average Bonchev–Trinajstić information content (AvgIpc) is 2.91. The van der Waals surface area contributed by atoms with Gasteiger partial charge in [0.15, 0.2) is 0 Å². The van der Waals surface area contributed by atoms with Gasteiger partial charge in [-0.05, 0) is 31.4 Å². The third kappa shape index (κ3) is 4.12. The zero-order chi connectivity index (χ0) is 20.4. The molecule has 0 spiro atoms. The highest BCUT2D eigenvalue weighted by Gasteiger charge is 2.39. The smallest absolute Gasteiger partial charge is 0.269 e. The van der Waals surface area contributed by atoms with Crippen LogP contribution in [0.3, 0.4) is 0 Å². The second-order valence-electron chi connectivity index (χ2n) is 8.22. The van der Waals surface area contributed by atoms with Crippen molar-refractivity contribution in [3.05, 3.63) is 29.6 Å². The van der Waals surface area contributed by atoms with Gasteiger partial charge in [-0.2, -0.15) is 0 Å². The SMILES string of the molecule is CNC(=O)c1ccc(C(=O)N2CC(C(=O)N3CCCN(C4CCC4)CC3)C2)cn1.